The van der Waals surface area contributed by atoms with Crippen LogP contribution in [-0.2, 0) is 0 Å². The molecule has 0 saturated heterocycles. The van der Waals surface area contributed by atoms with Crippen molar-refractivity contribution < 1.29 is 0 Å². The summed E-state index contributed by atoms with van der Waals surface area (Å²) in [7, 11) is 0. The van der Waals surface area contributed by atoms with Gasteiger partial charge in [0.2, 0.25) is 5.28 Å². The Morgan fingerprint density at radius 2 is 1.24 bits per heavy atom. The van der Waals surface area contributed by atoms with Crippen molar-refractivity contribution in [2.24, 2.45) is 0 Å². The van der Waals surface area contributed by atoms with E-state index in [1.807, 2.05) is 60.7 Å². The molecule has 1 aromatic heterocycles. The molecule has 0 spiro atoms. The minimum atomic E-state index is -0.0308. The van der Waals surface area contributed by atoms with E-state index in [4.69, 9.17) is 11.6 Å². The van der Waals surface area contributed by atoms with E-state index < -0.39 is 0 Å². The summed E-state index contributed by atoms with van der Waals surface area (Å²) in [6.45, 7) is 0. The number of rotatable bonds is 4. The van der Waals surface area contributed by atoms with Crippen molar-refractivity contribution in [2.75, 3.05) is 5.32 Å². The molecule has 0 unspecified atom stereocenters. The van der Waals surface area contributed by atoms with Crippen LogP contribution in [0.4, 0.5) is 5.82 Å². The van der Waals surface area contributed by atoms with E-state index in [1.165, 1.54) is 0 Å². The van der Waals surface area contributed by atoms with Crippen LogP contribution in [0.25, 0.3) is 10.9 Å². The van der Waals surface area contributed by atoms with E-state index in [0.717, 1.165) is 27.8 Å². The number of hydrogen-bond acceptors (Lipinski definition) is 3. The monoisotopic (exact) mass is 345 g/mol. The fourth-order valence-electron chi connectivity index (χ4n) is 2.95. The number of hydrogen-bond donors (Lipinski definition) is 1. The van der Waals surface area contributed by atoms with E-state index in [0.29, 0.717) is 0 Å². The van der Waals surface area contributed by atoms with Crippen LogP contribution in [0.2, 0.25) is 5.28 Å². The zero-order valence-corrected chi connectivity index (χ0v) is 14.2. The quantitative estimate of drug-likeness (QED) is 0.497. The Bertz CT molecular complexity index is 948. The minimum absolute atomic E-state index is 0.0308. The number of halogens is 1. The highest BCUT2D eigenvalue weighted by atomic mass is 35.5. The first-order valence-corrected chi connectivity index (χ1v) is 8.48. The van der Waals surface area contributed by atoms with Crippen LogP contribution >= 0.6 is 11.6 Å². The Morgan fingerprint density at radius 1 is 0.680 bits per heavy atom. The highest BCUT2D eigenvalue weighted by Gasteiger charge is 2.16. The second-order valence-electron chi connectivity index (χ2n) is 5.76. The number of nitrogens with zero attached hydrogens (tertiary/aromatic N) is 2. The van der Waals surface area contributed by atoms with Crippen LogP contribution in [0.3, 0.4) is 0 Å². The van der Waals surface area contributed by atoms with Gasteiger partial charge >= 0.3 is 0 Å². The fraction of sp³-hybridized carbons (Fsp3) is 0.0476. The van der Waals surface area contributed by atoms with Gasteiger partial charge in [0.15, 0.2) is 0 Å². The Balaban J connectivity index is 1.83. The summed E-state index contributed by atoms with van der Waals surface area (Å²) in [5.74, 6) is 0.730. The van der Waals surface area contributed by atoms with Gasteiger partial charge in [-0.05, 0) is 34.9 Å². The SMILES string of the molecule is Clc1nc(NC(c2ccccc2)c2ccccc2)c2ccccc2n1. The van der Waals surface area contributed by atoms with Crippen LogP contribution in [0.1, 0.15) is 17.2 Å². The summed E-state index contributed by atoms with van der Waals surface area (Å²) < 4.78 is 0. The fourth-order valence-corrected chi connectivity index (χ4v) is 3.12. The molecule has 1 heterocycles. The third-order valence-corrected chi connectivity index (χ3v) is 4.29. The Kier molecular flexibility index (Phi) is 4.32. The Hall–Kier alpha value is -2.91. The van der Waals surface area contributed by atoms with Crippen LogP contribution in [0, 0.1) is 0 Å². The normalized spacial score (nSPS) is 11.0. The van der Waals surface area contributed by atoms with Crippen LogP contribution < -0.4 is 5.32 Å². The van der Waals surface area contributed by atoms with E-state index in [9.17, 15) is 0 Å². The Morgan fingerprint density at radius 3 is 1.88 bits per heavy atom. The summed E-state index contributed by atoms with van der Waals surface area (Å²) in [6.07, 6.45) is 0. The number of aromatic nitrogens is 2. The third-order valence-electron chi connectivity index (χ3n) is 4.12. The summed E-state index contributed by atoms with van der Waals surface area (Å²) in [6, 6.07) is 28.5. The maximum atomic E-state index is 6.14. The van der Waals surface area contributed by atoms with Gasteiger partial charge in [0.05, 0.1) is 11.6 Å². The molecule has 0 bridgehead atoms. The molecule has 0 amide bonds. The number of para-hydroxylation sites is 1. The lowest BCUT2D eigenvalue weighted by Gasteiger charge is -2.21. The summed E-state index contributed by atoms with van der Waals surface area (Å²) in [5, 5.41) is 4.74. The van der Waals surface area contributed by atoms with Crippen LogP contribution in [0.5, 0.6) is 0 Å². The standard InChI is InChI=1S/C21H16ClN3/c22-21-23-18-14-8-7-13-17(18)20(25-21)24-19(15-9-3-1-4-10-15)16-11-5-2-6-12-16/h1-14,19H,(H,23,24,25). The van der Waals surface area contributed by atoms with E-state index in [-0.39, 0.29) is 11.3 Å². The largest absolute Gasteiger partial charge is 0.358 e. The molecular formula is C21H16ClN3. The van der Waals surface area contributed by atoms with Gasteiger partial charge in [-0.1, -0.05) is 72.8 Å². The molecule has 1 N–H and O–H groups in total. The first-order valence-electron chi connectivity index (χ1n) is 8.10. The molecular weight excluding hydrogens is 330 g/mol. The van der Waals surface area contributed by atoms with Crippen molar-refractivity contribution in [2.45, 2.75) is 6.04 Å². The van der Waals surface area contributed by atoms with Gasteiger partial charge in [-0.2, -0.15) is 0 Å². The molecule has 0 aliphatic heterocycles. The second kappa shape index (κ2) is 6.91. The van der Waals surface area contributed by atoms with E-state index in [2.05, 4.69) is 39.6 Å². The molecule has 25 heavy (non-hydrogen) atoms. The smallest absolute Gasteiger partial charge is 0.224 e. The molecule has 3 aromatic carbocycles. The average Bonchev–Trinajstić information content (AvgIpc) is 2.67. The molecule has 3 nitrogen and oxygen atoms in total. The van der Waals surface area contributed by atoms with Crippen LogP contribution in [0.15, 0.2) is 84.9 Å². The summed E-state index contributed by atoms with van der Waals surface area (Å²) in [4.78, 5) is 8.74. The topological polar surface area (TPSA) is 37.8 Å². The van der Waals surface area contributed by atoms with Gasteiger partial charge in [-0.25, -0.2) is 9.97 Å². The predicted octanol–water partition coefficient (Wildman–Crippen LogP) is 5.48. The molecule has 0 aliphatic rings. The summed E-state index contributed by atoms with van der Waals surface area (Å²) in [5.41, 5.74) is 3.14. The number of benzene rings is 3. The molecule has 0 atom stereocenters. The van der Waals surface area contributed by atoms with Gasteiger partial charge < -0.3 is 5.32 Å². The second-order valence-corrected chi connectivity index (χ2v) is 6.10. The van der Waals surface area contributed by atoms with Crippen molar-refractivity contribution in [3.8, 4) is 0 Å². The lowest BCUT2D eigenvalue weighted by molar-refractivity contribution is 0.927. The molecule has 0 aliphatic carbocycles. The van der Waals surface area contributed by atoms with Gasteiger partial charge in [0, 0.05) is 5.39 Å². The van der Waals surface area contributed by atoms with Gasteiger partial charge in [-0.15, -0.1) is 0 Å². The first-order chi connectivity index (χ1) is 12.3. The molecule has 4 aromatic rings. The minimum Gasteiger partial charge on any atom is -0.358 e. The molecule has 0 radical (unpaired) electrons. The number of nitrogens with one attached hydrogen (secondary N) is 1. The maximum absolute atomic E-state index is 6.14. The van der Waals surface area contributed by atoms with Crippen molar-refractivity contribution >= 4 is 28.3 Å². The lowest BCUT2D eigenvalue weighted by atomic mass is 9.98. The van der Waals surface area contributed by atoms with Crippen molar-refractivity contribution in [1.82, 2.24) is 9.97 Å². The maximum Gasteiger partial charge on any atom is 0.224 e. The molecule has 122 valence electrons. The molecule has 4 heteroatoms. The highest BCUT2D eigenvalue weighted by molar-refractivity contribution is 6.28. The molecule has 0 saturated carbocycles. The van der Waals surface area contributed by atoms with Gasteiger partial charge in [0.1, 0.15) is 5.82 Å². The van der Waals surface area contributed by atoms with Crippen molar-refractivity contribution in [3.05, 3.63) is 101 Å². The third kappa shape index (κ3) is 3.32. The lowest BCUT2D eigenvalue weighted by Crippen LogP contribution is -2.14. The van der Waals surface area contributed by atoms with Gasteiger partial charge in [0.25, 0.3) is 0 Å². The number of anilines is 1. The Labute approximate surface area is 151 Å². The summed E-state index contributed by atoms with van der Waals surface area (Å²) >= 11 is 6.14. The molecule has 4 rings (SSSR count). The van der Waals surface area contributed by atoms with E-state index in [1.54, 1.807) is 0 Å². The predicted molar refractivity (Wildman–Crippen MR) is 103 cm³/mol. The van der Waals surface area contributed by atoms with E-state index >= 15 is 0 Å². The van der Waals surface area contributed by atoms with Crippen molar-refractivity contribution in [3.63, 3.8) is 0 Å². The van der Waals surface area contributed by atoms with Crippen molar-refractivity contribution in [1.29, 1.82) is 0 Å². The van der Waals surface area contributed by atoms with Crippen LogP contribution in [-0.4, -0.2) is 9.97 Å². The molecule has 0 fully saturated rings. The zero-order chi connectivity index (χ0) is 17.1. The number of fused-ring (bicyclic) bond motifs is 1. The first kappa shape index (κ1) is 15.6. The average molecular weight is 346 g/mol. The van der Waals surface area contributed by atoms with Gasteiger partial charge in [-0.3, -0.25) is 0 Å². The highest BCUT2D eigenvalue weighted by Crippen LogP contribution is 2.29. The zero-order valence-electron chi connectivity index (χ0n) is 13.4.